The molecule has 0 aliphatic heterocycles. The molecule has 0 amide bonds. The van der Waals surface area contributed by atoms with Gasteiger partial charge >= 0.3 is 46.1 Å². The van der Waals surface area contributed by atoms with E-state index < -0.39 is 0 Å². The van der Waals surface area contributed by atoms with Crippen molar-refractivity contribution in [3.8, 4) is 0 Å². The van der Waals surface area contributed by atoms with Crippen LogP contribution in [0.5, 0.6) is 0 Å². The Balaban J connectivity index is -0.0000000675. The molecule has 0 rings (SSSR count). The third-order valence-corrected chi connectivity index (χ3v) is 1.75. The van der Waals surface area contributed by atoms with Gasteiger partial charge in [0.15, 0.2) is 0 Å². The van der Waals surface area contributed by atoms with E-state index in [0.29, 0.717) is 0 Å². The van der Waals surface area contributed by atoms with E-state index in [-0.39, 0.29) is 70.9 Å². The third kappa shape index (κ3) is 29.2. The summed E-state index contributed by atoms with van der Waals surface area (Å²) in [5.74, 6) is 0. The molecule has 4 heteroatoms. The van der Waals surface area contributed by atoms with Gasteiger partial charge in [-0.1, -0.05) is 38.5 Å². The average Bonchev–Trinajstić information content (AvgIpc) is 1.97. The fourth-order valence-corrected chi connectivity index (χ4v) is 1.06. The summed E-state index contributed by atoms with van der Waals surface area (Å²) < 4.78 is 0. The van der Waals surface area contributed by atoms with Crippen LogP contribution in [-0.2, 0) is 0 Å². The maximum Gasteiger partial charge on any atom is 2.00 e. The fraction of sp³-hybridized carbons (Fsp3) is 0.800. The van der Waals surface area contributed by atoms with Gasteiger partial charge in [-0.05, 0) is 0 Å². The van der Waals surface area contributed by atoms with E-state index in [4.69, 9.17) is 0 Å². The Bertz CT molecular complexity index is 56.1. The number of unbranched alkanes of at least 4 members (excludes halogenated alkanes) is 7. The molecular weight excluding hydrogens is 240 g/mol. The number of hydrogen-bond acceptors (Lipinski definition) is 0. The molecule has 0 radical (unpaired) electrons. The predicted molar refractivity (Wildman–Crippen MR) is 59.2 cm³/mol. The van der Waals surface area contributed by atoms with Crippen LogP contribution in [0.2, 0.25) is 0 Å². The summed E-state index contributed by atoms with van der Waals surface area (Å²) in [5.41, 5.74) is 0. The van der Waals surface area contributed by atoms with E-state index in [2.05, 4.69) is 13.8 Å². The zero-order chi connectivity index (χ0) is 7.66. The average molecular weight is 260 g/mol. The van der Waals surface area contributed by atoms with Crippen molar-refractivity contribution in [3.63, 3.8) is 0 Å². The third-order valence-electron chi connectivity index (χ3n) is 1.75. The van der Waals surface area contributed by atoms with Gasteiger partial charge in [0.05, 0.1) is 0 Å². The molecule has 0 unspecified atom stereocenters. The van der Waals surface area contributed by atoms with Gasteiger partial charge < -0.3 is 38.7 Å². The van der Waals surface area contributed by atoms with Crippen molar-refractivity contribution >= 4 is 46.1 Å². The Kier molecular flexibility index (Phi) is 62.6. The second-order valence-electron chi connectivity index (χ2n) is 2.83. The molecule has 0 nitrogen and oxygen atoms in total. The van der Waals surface area contributed by atoms with E-state index in [1.54, 1.807) is 0 Å². The van der Waals surface area contributed by atoms with Gasteiger partial charge in [-0.2, -0.15) is 12.8 Å². The minimum absolute atomic E-state index is 0. The van der Waals surface area contributed by atoms with Crippen LogP contribution in [0.15, 0.2) is 0 Å². The molecule has 0 aliphatic rings. The van der Waals surface area contributed by atoms with Gasteiger partial charge in [-0.15, -0.1) is 0 Å². The standard InChI is InChI=1S/C10H20.2ClH.2Mg/c1-3-5-7-9-10-8-6-4-2;;;;/h1-10H2;2*1H;;/q-2;;;2*+2/p-2. The zero-order valence-corrected chi connectivity index (χ0v) is 13.6. The molecular formula is C10H20Cl2Mg2. The molecule has 0 aromatic heterocycles. The topological polar surface area (TPSA) is 0 Å². The van der Waals surface area contributed by atoms with E-state index >= 15 is 0 Å². The molecule has 0 atom stereocenters. The first-order valence-electron chi connectivity index (χ1n) is 4.50. The van der Waals surface area contributed by atoms with Gasteiger partial charge in [-0.25, -0.2) is 0 Å². The van der Waals surface area contributed by atoms with Crippen LogP contribution in [0.25, 0.3) is 0 Å². The summed E-state index contributed by atoms with van der Waals surface area (Å²) >= 11 is 0. The molecule has 0 spiro atoms. The molecule has 14 heavy (non-hydrogen) atoms. The fourth-order valence-electron chi connectivity index (χ4n) is 1.06. The Morgan fingerprint density at radius 3 is 0.929 bits per heavy atom. The van der Waals surface area contributed by atoms with Crippen molar-refractivity contribution in [1.82, 2.24) is 0 Å². The smallest absolute Gasteiger partial charge is 1.00 e. The largest absolute Gasteiger partial charge is 2.00 e. The van der Waals surface area contributed by atoms with Crippen molar-refractivity contribution in [1.29, 1.82) is 0 Å². The van der Waals surface area contributed by atoms with E-state index in [0.717, 1.165) is 12.8 Å². The van der Waals surface area contributed by atoms with E-state index in [9.17, 15) is 0 Å². The monoisotopic (exact) mass is 258 g/mol. The Hall–Kier alpha value is 2.11. The molecule has 0 aromatic rings. The Labute approximate surface area is 135 Å². The van der Waals surface area contributed by atoms with Gasteiger partial charge in [-0.3, -0.25) is 0 Å². The molecule has 0 heterocycles. The minimum atomic E-state index is 0. The minimum Gasteiger partial charge on any atom is -1.00 e. The normalized spacial score (nSPS) is 7.29. The van der Waals surface area contributed by atoms with Crippen LogP contribution < -0.4 is 24.8 Å². The van der Waals surface area contributed by atoms with Gasteiger partial charge in [0, 0.05) is 0 Å². The summed E-state index contributed by atoms with van der Waals surface area (Å²) in [5, 5.41) is 0. The summed E-state index contributed by atoms with van der Waals surface area (Å²) in [4.78, 5) is 0. The molecule has 0 aromatic carbocycles. The number of rotatable bonds is 7. The molecule has 0 N–H and O–H groups in total. The van der Waals surface area contributed by atoms with Crippen molar-refractivity contribution in [3.05, 3.63) is 13.8 Å². The summed E-state index contributed by atoms with van der Waals surface area (Å²) in [6.45, 7) is 7.62. The second-order valence-corrected chi connectivity index (χ2v) is 2.83. The second kappa shape index (κ2) is 29.4. The van der Waals surface area contributed by atoms with Crippen molar-refractivity contribution in [2.24, 2.45) is 0 Å². The maximum atomic E-state index is 3.81. The van der Waals surface area contributed by atoms with Crippen LogP contribution >= 0.6 is 0 Å². The summed E-state index contributed by atoms with van der Waals surface area (Å²) in [7, 11) is 0. The van der Waals surface area contributed by atoms with E-state index in [1.807, 2.05) is 0 Å². The van der Waals surface area contributed by atoms with Gasteiger partial charge in [0.25, 0.3) is 0 Å². The first-order valence-corrected chi connectivity index (χ1v) is 4.50. The molecule has 0 saturated heterocycles. The summed E-state index contributed by atoms with van der Waals surface area (Å²) in [6.07, 6.45) is 10.4. The van der Waals surface area contributed by atoms with Crippen LogP contribution in [0.3, 0.4) is 0 Å². The number of halogens is 2. The van der Waals surface area contributed by atoms with Gasteiger partial charge in [0.1, 0.15) is 0 Å². The Morgan fingerprint density at radius 2 is 0.714 bits per heavy atom. The molecule has 0 aliphatic carbocycles. The first kappa shape index (κ1) is 29.8. The van der Waals surface area contributed by atoms with Gasteiger partial charge in [0.2, 0.25) is 0 Å². The SMILES string of the molecule is [CH2-]CCCCCCCC[CH2-].[Cl-].[Cl-].[Mg+2].[Mg+2]. The van der Waals surface area contributed by atoms with Crippen LogP contribution in [0.4, 0.5) is 0 Å². The van der Waals surface area contributed by atoms with Crippen molar-refractivity contribution in [2.75, 3.05) is 0 Å². The predicted octanol–water partition coefficient (Wildman–Crippen LogP) is -2.98. The first-order chi connectivity index (χ1) is 4.91. The van der Waals surface area contributed by atoms with Crippen LogP contribution in [-0.4, -0.2) is 46.1 Å². The molecule has 0 fully saturated rings. The van der Waals surface area contributed by atoms with Crippen molar-refractivity contribution < 1.29 is 24.8 Å². The van der Waals surface area contributed by atoms with Crippen LogP contribution in [0, 0.1) is 13.8 Å². The molecule has 78 valence electrons. The maximum absolute atomic E-state index is 3.81. The van der Waals surface area contributed by atoms with Crippen LogP contribution in [0.1, 0.15) is 51.4 Å². The van der Waals surface area contributed by atoms with Crippen molar-refractivity contribution in [2.45, 2.75) is 51.4 Å². The quantitative estimate of drug-likeness (QED) is 0.260. The summed E-state index contributed by atoms with van der Waals surface area (Å²) in [6, 6.07) is 0. The Morgan fingerprint density at radius 1 is 0.500 bits per heavy atom. The molecule has 0 bridgehead atoms. The zero-order valence-electron chi connectivity index (χ0n) is 9.24. The van der Waals surface area contributed by atoms with E-state index in [1.165, 1.54) is 38.5 Å². The molecule has 0 saturated carbocycles. The number of hydrogen-bond donors (Lipinski definition) is 0.